The highest BCUT2D eigenvalue weighted by molar-refractivity contribution is 6.05. The highest BCUT2D eigenvalue weighted by Crippen LogP contribution is 2.18. The highest BCUT2D eigenvalue weighted by atomic mass is 16.2. The molecule has 2 aromatic carbocycles. The van der Waals surface area contributed by atoms with Crippen LogP contribution in [0.3, 0.4) is 0 Å². The van der Waals surface area contributed by atoms with Gasteiger partial charge < -0.3 is 15.5 Å². The lowest BCUT2D eigenvalue weighted by molar-refractivity contribution is -0.118. The number of benzene rings is 2. The summed E-state index contributed by atoms with van der Waals surface area (Å²) in [5.41, 5.74) is 2.72. The molecule has 1 fully saturated rings. The predicted molar refractivity (Wildman–Crippen MR) is 118 cm³/mol. The number of carbonyl (C=O) groups excluding carboxylic acids is 2. The van der Waals surface area contributed by atoms with Gasteiger partial charge in [-0.25, -0.2) is 0 Å². The molecule has 0 bridgehead atoms. The fourth-order valence-corrected chi connectivity index (χ4v) is 3.49. The van der Waals surface area contributed by atoms with Crippen molar-refractivity contribution in [3.05, 3.63) is 71.4 Å². The number of hydrogen-bond donors (Lipinski definition) is 2. The summed E-state index contributed by atoms with van der Waals surface area (Å²) in [5, 5.41) is 5.90. The second-order valence-electron chi connectivity index (χ2n) is 7.67. The van der Waals surface area contributed by atoms with E-state index in [1.54, 1.807) is 30.3 Å². The molecule has 0 saturated heterocycles. The molecule has 152 valence electrons. The second kappa shape index (κ2) is 9.92. The number of hydrogen-bond acceptors (Lipinski definition) is 3. The van der Waals surface area contributed by atoms with Crippen LogP contribution in [-0.4, -0.2) is 32.0 Å². The van der Waals surface area contributed by atoms with Crippen LogP contribution in [0.25, 0.3) is 6.08 Å². The lowest BCUT2D eigenvalue weighted by atomic mass is 9.95. The van der Waals surface area contributed by atoms with Gasteiger partial charge in [-0.05, 0) is 48.7 Å². The van der Waals surface area contributed by atoms with Crippen molar-refractivity contribution in [3.8, 4) is 0 Å². The second-order valence-corrected chi connectivity index (χ2v) is 7.67. The van der Waals surface area contributed by atoms with E-state index in [-0.39, 0.29) is 23.6 Å². The zero-order valence-electron chi connectivity index (χ0n) is 17.2. The van der Waals surface area contributed by atoms with Crippen molar-refractivity contribution >= 4 is 23.6 Å². The molecule has 0 atom stereocenters. The third-order valence-corrected chi connectivity index (χ3v) is 5.19. The van der Waals surface area contributed by atoms with Gasteiger partial charge in [0.1, 0.15) is 5.70 Å². The minimum atomic E-state index is -0.291. The Hall–Kier alpha value is -3.08. The molecule has 0 aromatic heterocycles. The van der Waals surface area contributed by atoms with Crippen LogP contribution in [0.15, 0.2) is 60.3 Å². The average molecular weight is 392 g/mol. The van der Waals surface area contributed by atoms with Gasteiger partial charge in [0.15, 0.2) is 0 Å². The third kappa shape index (κ3) is 5.95. The van der Waals surface area contributed by atoms with E-state index in [9.17, 15) is 9.59 Å². The van der Waals surface area contributed by atoms with E-state index in [4.69, 9.17) is 0 Å². The largest absolute Gasteiger partial charge is 0.378 e. The summed E-state index contributed by atoms with van der Waals surface area (Å²) in [7, 11) is 3.96. The van der Waals surface area contributed by atoms with Gasteiger partial charge in [0.2, 0.25) is 0 Å². The first-order valence-electron chi connectivity index (χ1n) is 10.2. The molecule has 29 heavy (non-hydrogen) atoms. The zero-order chi connectivity index (χ0) is 20.6. The number of nitrogens with one attached hydrogen (secondary N) is 2. The van der Waals surface area contributed by atoms with Gasteiger partial charge >= 0.3 is 0 Å². The Kier molecular flexibility index (Phi) is 7.06. The maximum Gasteiger partial charge on any atom is 0.268 e. The number of amides is 2. The standard InChI is InChI=1S/C24H29N3O2/c1-27(2)21-15-13-18(14-16-21)17-22(24(29)25-20-11-7-4-8-12-20)26-23(28)19-9-5-3-6-10-19/h3,5-6,9-10,13-17,20H,4,7-8,11-12H2,1-2H3,(H,25,29)(H,26,28). The van der Waals surface area contributed by atoms with Gasteiger partial charge in [-0.2, -0.15) is 0 Å². The Morgan fingerprint density at radius 2 is 1.59 bits per heavy atom. The van der Waals surface area contributed by atoms with Crippen LogP contribution in [0.1, 0.15) is 48.0 Å². The van der Waals surface area contributed by atoms with Crippen LogP contribution in [-0.2, 0) is 4.79 Å². The first kappa shape index (κ1) is 20.6. The van der Waals surface area contributed by atoms with Crippen LogP contribution in [0.2, 0.25) is 0 Å². The first-order valence-corrected chi connectivity index (χ1v) is 10.2. The molecule has 0 spiro atoms. The average Bonchev–Trinajstić information content (AvgIpc) is 2.75. The summed E-state index contributed by atoms with van der Waals surface area (Å²) in [6.45, 7) is 0. The quantitative estimate of drug-likeness (QED) is 0.733. The molecule has 5 nitrogen and oxygen atoms in total. The Labute approximate surface area is 172 Å². The fraction of sp³-hybridized carbons (Fsp3) is 0.333. The van der Waals surface area contributed by atoms with Crippen LogP contribution in [0.4, 0.5) is 5.69 Å². The normalized spacial score (nSPS) is 14.9. The zero-order valence-corrected chi connectivity index (χ0v) is 17.2. The summed E-state index contributed by atoms with van der Waals surface area (Å²) >= 11 is 0. The lowest BCUT2D eigenvalue weighted by Crippen LogP contribution is -2.41. The molecule has 1 aliphatic rings. The Morgan fingerprint density at radius 3 is 2.21 bits per heavy atom. The lowest BCUT2D eigenvalue weighted by Gasteiger charge is -2.23. The van der Waals surface area contributed by atoms with Gasteiger partial charge in [-0.1, -0.05) is 49.6 Å². The van der Waals surface area contributed by atoms with E-state index >= 15 is 0 Å². The molecular formula is C24H29N3O2. The van der Waals surface area contributed by atoms with Crippen molar-refractivity contribution in [2.24, 2.45) is 0 Å². The number of carbonyl (C=O) groups is 2. The van der Waals surface area contributed by atoms with Crippen molar-refractivity contribution in [2.75, 3.05) is 19.0 Å². The van der Waals surface area contributed by atoms with Gasteiger partial charge in [0, 0.05) is 31.4 Å². The maximum atomic E-state index is 13.0. The number of anilines is 1. The third-order valence-electron chi connectivity index (χ3n) is 5.19. The molecule has 2 amide bonds. The van der Waals surface area contributed by atoms with Gasteiger partial charge in [-0.3, -0.25) is 9.59 Å². The molecule has 1 aliphatic carbocycles. The SMILES string of the molecule is CN(C)c1ccc(C=C(NC(=O)c2ccccc2)C(=O)NC2CCCCC2)cc1. The van der Waals surface area contributed by atoms with E-state index in [2.05, 4.69) is 10.6 Å². The van der Waals surface area contributed by atoms with Crippen LogP contribution in [0.5, 0.6) is 0 Å². The number of nitrogens with zero attached hydrogens (tertiary/aromatic N) is 1. The molecule has 2 N–H and O–H groups in total. The monoisotopic (exact) mass is 391 g/mol. The van der Waals surface area contributed by atoms with E-state index in [1.807, 2.05) is 49.3 Å². The van der Waals surface area contributed by atoms with Gasteiger partial charge in [0.25, 0.3) is 11.8 Å². The smallest absolute Gasteiger partial charge is 0.268 e. The van der Waals surface area contributed by atoms with Crippen molar-refractivity contribution in [1.82, 2.24) is 10.6 Å². The molecule has 2 aromatic rings. The van der Waals surface area contributed by atoms with E-state index in [0.717, 1.165) is 36.9 Å². The van der Waals surface area contributed by atoms with Crippen molar-refractivity contribution in [3.63, 3.8) is 0 Å². The van der Waals surface area contributed by atoms with Gasteiger partial charge in [-0.15, -0.1) is 0 Å². The predicted octanol–water partition coefficient (Wildman–Crippen LogP) is 3.97. The van der Waals surface area contributed by atoms with Crippen molar-refractivity contribution < 1.29 is 9.59 Å². The van der Waals surface area contributed by atoms with Crippen LogP contribution < -0.4 is 15.5 Å². The van der Waals surface area contributed by atoms with Crippen LogP contribution in [0, 0.1) is 0 Å². The summed E-state index contributed by atoms with van der Waals surface area (Å²) in [6.07, 6.45) is 7.20. The van der Waals surface area contributed by atoms with E-state index < -0.39 is 0 Å². The summed E-state index contributed by atoms with van der Waals surface area (Å²) in [5.74, 6) is -0.529. The van der Waals surface area contributed by atoms with Gasteiger partial charge in [0.05, 0.1) is 0 Å². The molecular weight excluding hydrogens is 362 g/mol. The summed E-state index contributed by atoms with van der Waals surface area (Å²) in [6, 6.07) is 17.0. The minimum absolute atomic E-state index is 0.171. The molecule has 1 saturated carbocycles. The van der Waals surface area contributed by atoms with Crippen molar-refractivity contribution in [1.29, 1.82) is 0 Å². The molecule has 0 unspecified atom stereocenters. The van der Waals surface area contributed by atoms with Crippen molar-refractivity contribution in [2.45, 2.75) is 38.1 Å². The highest BCUT2D eigenvalue weighted by Gasteiger charge is 2.20. The minimum Gasteiger partial charge on any atom is -0.378 e. The molecule has 0 aliphatic heterocycles. The Bertz CT molecular complexity index is 851. The molecule has 0 heterocycles. The fourth-order valence-electron chi connectivity index (χ4n) is 3.49. The summed E-state index contributed by atoms with van der Waals surface area (Å²) < 4.78 is 0. The molecule has 0 radical (unpaired) electrons. The van der Waals surface area contributed by atoms with Crippen LogP contribution >= 0.6 is 0 Å². The first-order chi connectivity index (χ1) is 14.0. The number of rotatable bonds is 6. The molecule has 3 rings (SSSR count). The molecule has 5 heteroatoms. The van der Waals surface area contributed by atoms with E-state index in [1.165, 1.54) is 6.42 Å². The Balaban J connectivity index is 1.81. The van der Waals surface area contributed by atoms with E-state index in [0.29, 0.717) is 5.56 Å². The Morgan fingerprint density at radius 1 is 0.931 bits per heavy atom. The summed E-state index contributed by atoms with van der Waals surface area (Å²) in [4.78, 5) is 27.6. The maximum absolute atomic E-state index is 13.0. The topological polar surface area (TPSA) is 61.4 Å².